The van der Waals surface area contributed by atoms with Crippen LogP contribution in [-0.4, -0.2) is 30.4 Å². The van der Waals surface area contributed by atoms with Crippen LogP contribution in [0.3, 0.4) is 0 Å². The van der Waals surface area contributed by atoms with Crippen LogP contribution in [0.15, 0.2) is 28.7 Å². The largest absolute Gasteiger partial charge is 0.345 e. The molecule has 1 aliphatic carbocycles. The zero-order valence-electron chi connectivity index (χ0n) is 11.5. The molecule has 19 heavy (non-hydrogen) atoms. The van der Waals surface area contributed by atoms with E-state index in [1.807, 2.05) is 18.9 Å². The third kappa shape index (κ3) is 3.57. The molecule has 104 valence electrons. The van der Waals surface area contributed by atoms with Crippen LogP contribution in [0.25, 0.3) is 0 Å². The Bertz CT molecular complexity index is 452. The van der Waals surface area contributed by atoms with Gasteiger partial charge in [0.2, 0.25) is 5.91 Å². The maximum absolute atomic E-state index is 12.0. The summed E-state index contributed by atoms with van der Waals surface area (Å²) in [6.07, 6.45) is 2.74. The molecule has 0 radical (unpaired) electrons. The topological polar surface area (TPSA) is 46.3 Å². The van der Waals surface area contributed by atoms with Crippen molar-refractivity contribution in [1.29, 1.82) is 0 Å². The lowest BCUT2D eigenvalue weighted by molar-refractivity contribution is -0.130. The van der Waals surface area contributed by atoms with Crippen LogP contribution < -0.4 is 5.73 Å². The van der Waals surface area contributed by atoms with Gasteiger partial charge in [0, 0.05) is 35.9 Å². The summed E-state index contributed by atoms with van der Waals surface area (Å²) in [4.78, 5) is 13.8. The second kappa shape index (κ2) is 5.63. The summed E-state index contributed by atoms with van der Waals surface area (Å²) in [5.74, 6) is 0.137. The van der Waals surface area contributed by atoms with Gasteiger partial charge in [-0.15, -0.1) is 0 Å². The highest BCUT2D eigenvalue weighted by Crippen LogP contribution is 2.48. The standard InChI is InChI=1S/C15H21BrN2O/c1-11(17)9-14(19)18(2)10-15(7-8-15)12-3-5-13(16)6-4-12/h3-6,11H,7-10,17H2,1-2H3. The van der Waals surface area contributed by atoms with Crippen LogP contribution in [0.2, 0.25) is 0 Å². The van der Waals surface area contributed by atoms with E-state index in [-0.39, 0.29) is 17.4 Å². The van der Waals surface area contributed by atoms with Crippen molar-refractivity contribution in [2.24, 2.45) is 5.73 Å². The predicted molar refractivity (Wildman–Crippen MR) is 81.0 cm³/mol. The fraction of sp³-hybridized carbons (Fsp3) is 0.533. The summed E-state index contributed by atoms with van der Waals surface area (Å²) >= 11 is 3.46. The molecule has 0 saturated heterocycles. The Balaban J connectivity index is 2.02. The lowest BCUT2D eigenvalue weighted by Gasteiger charge is -2.25. The van der Waals surface area contributed by atoms with Gasteiger partial charge in [0.05, 0.1) is 0 Å². The summed E-state index contributed by atoms with van der Waals surface area (Å²) in [5.41, 5.74) is 7.18. The molecule has 0 heterocycles. The smallest absolute Gasteiger partial charge is 0.223 e. The van der Waals surface area contributed by atoms with E-state index in [9.17, 15) is 4.79 Å². The zero-order chi connectivity index (χ0) is 14.0. The first-order valence-corrected chi connectivity index (χ1v) is 7.48. The van der Waals surface area contributed by atoms with Crippen molar-refractivity contribution in [2.75, 3.05) is 13.6 Å². The lowest BCUT2D eigenvalue weighted by atomic mass is 9.95. The fourth-order valence-electron chi connectivity index (χ4n) is 2.47. The molecule has 1 saturated carbocycles. The Hall–Kier alpha value is -0.870. The van der Waals surface area contributed by atoms with E-state index in [0.29, 0.717) is 6.42 Å². The number of nitrogens with zero attached hydrogens (tertiary/aromatic N) is 1. The van der Waals surface area contributed by atoms with E-state index < -0.39 is 0 Å². The van der Waals surface area contributed by atoms with E-state index in [1.54, 1.807) is 0 Å². The number of benzene rings is 1. The quantitative estimate of drug-likeness (QED) is 0.905. The fourth-order valence-corrected chi connectivity index (χ4v) is 2.73. The number of rotatable bonds is 5. The maximum atomic E-state index is 12.0. The third-order valence-electron chi connectivity index (χ3n) is 3.77. The van der Waals surface area contributed by atoms with E-state index in [0.717, 1.165) is 23.9 Å². The Kier molecular flexibility index (Phi) is 4.31. The van der Waals surface area contributed by atoms with Gasteiger partial charge in [-0.2, -0.15) is 0 Å². The number of likely N-dealkylation sites (N-methyl/N-ethyl adjacent to an activating group) is 1. The number of hydrogen-bond donors (Lipinski definition) is 1. The molecular formula is C15H21BrN2O. The van der Waals surface area contributed by atoms with Crippen molar-refractivity contribution in [3.8, 4) is 0 Å². The molecule has 4 heteroatoms. The molecule has 0 bridgehead atoms. The molecule has 1 aliphatic rings. The Morgan fingerprint density at radius 3 is 2.47 bits per heavy atom. The molecule has 0 spiro atoms. The lowest BCUT2D eigenvalue weighted by Crippen LogP contribution is -2.37. The highest BCUT2D eigenvalue weighted by atomic mass is 79.9. The van der Waals surface area contributed by atoms with E-state index in [2.05, 4.69) is 40.2 Å². The monoisotopic (exact) mass is 324 g/mol. The van der Waals surface area contributed by atoms with Crippen molar-refractivity contribution in [2.45, 2.75) is 37.6 Å². The minimum atomic E-state index is -0.0715. The van der Waals surface area contributed by atoms with Crippen LogP contribution in [0.5, 0.6) is 0 Å². The zero-order valence-corrected chi connectivity index (χ0v) is 13.1. The second-order valence-corrected chi connectivity index (χ2v) is 6.63. The van der Waals surface area contributed by atoms with Crippen LogP contribution in [0.4, 0.5) is 0 Å². The molecule has 1 unspecified atom stereocenters. The van der Waals surface area contributed by atoms with Crippen molar-refractivity contribution >= 4 is 21.8 Å². The Morgan fingerprint density at radius 2 is 2.00 bits per heavy atom. The van der Waals surface area contributed by atoms with E-state index in [4.69, 9.17) is 5.73 Å². The average molecular weight is 325 g/mol. The van der Waals surface area contributed by atoms with Gasteiger partial charge in [-0.05, 0) is 37.5 Å². The van der Waals surface area contributed by atoms with Crippen LogP contribution in [0, 0.1) is 0 Å². The Morgan fingerprint density at radius 1 is 1.42 bits per heavy atom. The van der Waals surface area contributed by atoms with Crippen LogP contribution in [-0.2, 0) is 10.2 Å². The number of hydrogen-bond acceptors (Lipinski definition) is 2. The molecule has 2 rings (SSSR count). The van der Waals surface area contributed by atoms with Gasteiger partial charge >= 0.3 is 0 Å². The number of carbonyl (C=O) groups excluding carboxylic acids is 1. The van der Waals surface area contributed by atoms with Crippen molar-refractivity contribution in [3.63, 3.8) is 0 Å². The van der Waals surface area contributed by atoms with Crippen molar-refractivity contribution < 1.29 is 4.79 Å². The minimum Gasteiger partial charge on any atom is -0.345 e. The van der Waals surface area contributed by atoms with Crippen LogP contribution >= 0.6 is 15.9 Å². The molecular weight excluding hydrogens is 304 g/mol. The minimum absolute atomic E-state index is 0.0715. The Labute approximate surface area is 123 Å². The first-order chi connectivity index (χ1) is 8.93. The van der Waals surface area contributed by atoms with Crippen molar-refractivity contribution in [1.82, 2.24) is 4.90 Å². The van der Waals surface area contributed by atoms with Gasteiger partial charge in [0.15, 0.2) is 0 Å². The molecule has 2 N–H and O–H groups in total. The first-order valence-electron chi connectivity index (χ1n) is 6.68. The summed E-state index contributed by atoms with van der Waals surface area (Å²) < 4.78 is 1.09. The average Bonchev–Trinajstić information content (AvgIpc) is 3.09. The molecule has 1 aromatic carbocycles. The van der Waals surface area contributed by atoms with Crippen molar-refractivity contribution in [3.05, 3.63) is 34.3 Å². The summed E-state index contributed by atoms with van der Waals surface area (Å²) in [5, 5.41) is 0. The summed E-state index contributed by atoms with van der Waals surface area (Å²) in [7, 11) is 1.88. The van der Waals surface area contributed by atoms with Gasteiger partial charge in [-0.3, -0.25) is 4.79 Å². The molecule has 1 amide bonds. The third-order valence-corrected chi connectivity index (χ3v) is 4.30. The van der Waals surface area contributed by atoms with Gasteiger partial charge in [0.25, 0.3) is 0 Å². The summed E-state index contributed by atoms with van der Waals surface area (Å²) in [6.45, 7) is 2.66. The molecule has 1 atom stereocenters. The highest BCUT2D eigenvalue weighted by Gasteiger charge is 2.45. The number of halogens is 1. The molecule has 3 nitrogen and oxygen atoms in total. The van der Waals surface area contributed by atoms with Gasteiger partial charge in [-0.25, -0.2) is 0 Å². The number of amides is 1. The van der Waals surface area contributed by atoms with Crippen LogP contribution in [0.1, 0.15) is 31.7 Å². The van der Waals surface area contributed by atoms with Gasteiger partial charge in [0.1, 0.15) is 0 Å². The maximum Gasteiger partial charge on any atom is 0.223 e. The van der Waals surface area contributed by atoms with E-state index in [1.165, 1.54) is 5.56 Å². The molecule has 0 aliphatic heterocycles. The van der Waals surface area contributed by atoms with Gasteiger partial charge < -0.3 is 10.6 Å². The summed E-state index contributed by atoms with van der Waals surface area (Å²) in [6, 6.07) is 8.37. The molecule has 1 fully saturated rings. The number of nitrogens with two attached hydrogens (primary N) is 1. The second-order valence-electron chi connectivity index (χ2n) is 5.72. The number of carbonyl (C=O) groups is 1. The highest BCUT2D eigenvalue weighted by molar-refractivity contribution is 9.10. The van der Waals surface area contributed by atoms with Gasteiger partial charge in [-0.1, -0.05) is 28.1 Å². The normalized spacial score (nSPS) is 17.9. The molecule has 1 aromatic rings. The van der Waals surface area contributed by atoms with E-state index >= 15 is 0 Å². The molecule has 0 aromatic heterocycles. The predicted octanol–water partition coefficient (Wildman–Crippen LogP) is 2.68. The SMILES string of the molecule is CC(N)CC(=O)N(C)CC1(c2ccc(Br)cc2)CC1. The first kappa shape index (κ1) is 14.5.